The first kappa shape index (κ1) is 28.6. The Balaban J connectivity index is 3.11. The second kappa shape index (κ2) is 9.79. The molecule has 1 N–H and O–H groups in total. The molecule has 0 spiro atoms. The van der Waals surface area contributed by atoms with Gasteiger partial charge in [-0.05, 0) is 74.7 Å². The van der Waals surface area contributed by atoms with Gasteiger partial charge in [0.25, 0.3) is 0 Å². The minimum absolute atomic E-state index is 0.127. The molecule has 0 bridgehead atoms. The lowest BCUT2D eigenvalue weighted by Gasteiger charge is -2.38. The lowest BCUT2D eigenvalue weighted by atomic mass is 10.1. The van der Waals surface area contributed by atoms with Gasteiger partial charge >= 0.3 is 0 Å². The van der Waals surface area contributed by atoms with Crippen LogP contribution in [0.15, 0.2) is 24.3 Å². The van der Waals surface area contributed by atoms with E-state index in [2.05, 4.69) is 84.6 Å². The van der Waals surface area contributed by atoms with E-state index in [0.717, 1.165) is 11.3 Å². The maximum absolute atomic E-state index is 12.9. The van der Waals surface area contributed by atoms with Gasteiger partial charge in [0.1, 0.15) is 5.75 Å². The van der Waals surface area contributed by atoms with Gasteiger partial charge in [-0.1, -0.05) is 53.7 Å². The van der Waals surface area contributed by atoms with E-state index < -0.39 is 27.6 Å². The highest BCUT2D eigenvalue weighted by Crippen LogP contribution is 2.38. The smallest absolute Gasteiger partial charge is 0.250 e. The first-order valence-electron chi connectivity index (χ1n) is 11.3. The molecule has 180 valence electrons. The van der Waals surface area contributed by atoms with Crippen LogP contribution < -0.4 is 9.15 Å². The number of benzene rings is 1. The lowest BCUT2D eigenvalue weighted by Crippen LogP contribution is -2.44. The van der Waals surface area contributed by atoms with Crippen LogP contribution in [0.4, 0.5) is 0 Å². The summed E-state index contributed by atoms with van der Waals surface area (Å²) in [5.74, 6) is 0.899. The van der Waals surface area contributed by atoms with Crippen LogP contribution in [-0.2, 0) is 15.4 Å². The van der Waals surface area contributed by atoms with Gasteiger partial charge in [-0.25, -0.2) is 8.93 Å². The van der Waals surface area contributed by atoms with Crippen LogP contribution in [0.3, 0.4) is 0 Å². The monoisotopic (exact) mass is 485 g/mol. The van der Waals surface area contributed by atoms with Gasteiger partial charge in [-0.2, -0.15) is 0 Å². The van der Waals surface area contributed by atoms with E-state index in [9.17, 15) is 4.21 Å². The quantitative estimate of drug-likeness (QED) is 0.396. The summed E-state index contributed by atoms with van der Waals surface area (Å²) in [6, 6.07) is 8.09. The van der Waals surface area contributed by atoms with Gasteiger partial charge in [-0.15, -0.1) is 0 Å². The van der Waals surface area contributed by atoms with Crippen molar-refractivity contribution in [1.82, 2.24) is 4.72 Å². The zero-order chi connectivity index (χ0) is 24.5. The van der Waals surface area contributed by atoms with Gasteiger partial charge in [0.05, 0.1) is 28.4 Å². The third-order valence-corrected chi connectivity index (χ3v) is 17.2. The topological polar surface area (TPSA) is 47.6 Å². The predicted molar refractivity (Wildman–Crippen MR) is 141 cm³/mol. The van der Waals surface area contributed by atoms with E-state index >= 15 is 0 Å². The average Bonchev–Trinajstić information content (AvgIpc) is 2.56. The van der Waals surface area contributed by atoms with Gasteiger partial charge in [0, 0.05) is 0 Å². The zero-order valence-corrected chi connectivity index (χ0v) is 25.0. The first-order valence-corrected chi connectivity index (χ1v) is 18.2. The summed E-state index contributed by atoms with van der Waals surface area (Å²) >= 11 is 0. The van der Waals surface area contributed by atoms with Crippen molar-refractivity contribution < 1.29 is 13.1 Å². The Morgan fingerprint density at radius 2 is 1.29 bits per heavy atom. The number of rotatable bonds is 8. The molecule has 4 nitrogen and oxygen atoms in total. The predicted octanol–water partition coefficient (Wildman–Crippen LogP) is 7.19. The second-order valence-corrected chi connectivity index (χ2v) is 24.1. The fraction of sp³-hybridized carbons (Fsp3) is 0.750. The Bertz CT molecular complexity index is 742. The minimum Gasteiger partial charge on any atom is -0.544 e. The van der Waals surface area contributed by atoms with Gasteiger partial charge in [0.15, 0.2) is 8.32 Å². The Labute approximate surface area is 196 Å². The molecule has 0 aliphatic rings. The third-order valence-electron chi connectivity index (χ3n) is 6.68. The molecule has 1 aromatic carbocycles. The van der Waals surface area contributed by atoms with Crippen molar-refractivity contribution in [2.45, 2.75) is 109 Å². The fourth-order valence-electron chi connectivity index (χ4n) is 2.23. The molecule has 7 heteroatoms. The summed E-state index contributed by atoms with van der Waals surface area (Å²) in [6.07, 6.45) is 0. The van der Waals surface area contributed by atoms with E-state index in [1.807, 2.05) is 32.9 Å². The molecule has 1 rings (SSSR count). The fourth-order valence-corrected chi connectivity index (χ4v) is 5.09. The largest absolute Gasteiger partial charge is 0.544 e. The van der Waals surface area contributed by atoms with E-state index in [4.69, 9.17) is 8.85 Å². The molecule has 0 aromatic heterocycles. The Hall–Kier alpha value is -0.476. The summed E-state index contributed by atoms with van der Waals surface area (Å²) in [5, 5.41) is 0.276. The Morgan fingerprint density at radius 3 is 1.68 bits per heavy atom. The van der Waals surface area contributed by atoms with Crippen molar-refractivity contribution in [2.75, 3.05) is 6.61 Å². The van der Waals surface area contributed by atoms with Crippen LogP contribution in [-0.4, -0.2) is 32.2 Å². The molecule has 0 radical (unpaired) electrons. The van der Waals surface area contributed by atoms with E-state index in [0.29, 0.717) is 6.61 Å². The third kappa shape index (κ3) is 8.11. The molecule has 2 atom stereocenters. The van der Waals surface area contributed by atoms with Crippen LogP contribution in [0, 0.1) is 0 Å². The van der Waals surface area contributed by atoms with Crippen LogP contribution in [0.5, 0.6) is 5.75 Å². The highest BCUT2D eigenvalue weighted by atomic mass is 32.2. The molecule has 0 saturated heterocycles. The number of hydrogen-bond acceptors (Lipinski definition) is 3. The molecule has 0 aliphatic carbocycles. The molecule has 1 aromatic rings. The SMILES string of the molecule is CC(C)(C)[S@@](=O)N[C@@H](CO[Si](C)(C)C(C)(C)C)c1ccc(O[Si](C)(C)C(C)(C)C)cc1. The molecule has 0 amide bonds. The van der Waals surface area contributed by atoms with E-state index in [-0.39, 0.29) is 20.9 Å². The van der Waals surface area contributed by atoms with Crippen molar-refractivity contribution in [3.8, 4) is 5.75 Å². The van der Waals surface area contributed by atoms with E-state index in [1.165, 1.54) is 0 Å². The number of nitrogens with one attached hydrogen (secondary N) is 1. The zero-order valence-electron chi connectivity index (χ0n) is 22.2. The van der Waals surface area contributed by atoms with Gasteiger partial charge in [-0.3, -0.25) is 0 Å². The molecule has 0 saturated carbocycles. The molecular weight excluding hydrogens is 439 g/mol. The van der Waals surface area contributed by atoms with Crippen molar-refractivity contribution in [2.24, 2.45) is 0 Å². The average molecular weight is 486 g/mol. The molecule has 0 heterocycles. The molecule has 0 unspecified atom stereocenters. The van der Waals surface area contributed by atoms with Crippen molar-refractivity contribution in [3.63, 3.8) is 0 Å². The highest BCUT2D eigenvalue weighted by Gasteiger charge is 2.39. The normalized spacial score (nSPS) is 16.2. The summed E-state index contributed by atoms with van der Waals surface area (Å²) in [7, 11) is -4.99. The van der Waals surface area contributed by atoms with Crippen LogP contribution in [0.1, 0.15) is 73.9 Å². The van der Waals surface area contributed by atoms with Gasteiger partial charge < -0.3 is 8.85 Å². The van der Waals surface area contributed by atoms with E-state index in [1.54, 1.807) is 0 Å². The van der Waals surface area contributed by atoms with Crippen molar-refractivity contribution in [3.05, 3.63) is 29.8 Å². The van der Waals surface area contributed by atoms with Crippen LogP contribution >= 0.6 is 0 Å². The Morgan fingerprint density at radius 1 is 0.839 bits per heavy atom. The molecular formula is C24H47NO3SSi2. The van der Waals surface area contributed by atoms with Crippen LogP contribution in [0.2, 0.25) is 36.3 Å². The standard InChI is InChI=1S/C24H47NO3SSi2/c1-22(2,3)29(26)25-21(18-27-30(10,11)23(4,5)6)19-14-16-20(17-15-19)28-31(12,13)24(7,8)9/h14-17,21,25H,18H2,1-13H3/t21-,29+/m0/s1. The molecule has 0 aliphatic heterocycles. The van der Waals surface area contributed by atoms with Crippen LogP contribution in [0.25, 0.3) is 0 Å². The van der Waals surface area contributed by atoms with Crippen molar-refractivity contribution >= 4 is 27.6 Å². The van der Waals surface area contributed by atoms with Crippen molar-refractivity contribution in [1.29, 1.82) is 0 Å². The summed E-state index contributed by atoms with van der Waals surface area (Å²) in [4.78, 5) is 0. The summed E-state index contributed by atoms with van der Waals surface area (Å²) in [5.41, 5.74) is 1.07. The second-order valence-electron chi connectivity index (χ2n) is 12.6. The summed E-state index contributed by atoms with van der Waals surface area (Å²) < 4.78 is 28.8. The Kier molecular flexibility index (Phi) is 9.02. The van der Waals surface area contributed by atoms with Gasteiger partial charge in [0.2, 0.25) is 8.32 Å². The first-order chi connectivity index (χ1) is 13.7. The summed E-state index contributed by atoms with van der Waals surface area (Å²) in [6.45, 7) is 28.9. The maximum atomic E-state index is 12.9. The minimum atomic E-state index is -1.92. The lowest BCUT2D eigenvalue weighted by molar-refractivity contribution is 0.257. The molecule has 31 heavy (non-hydrogen) atoms. The maximum Gasteiger partial charge on any atom is 0.250 e. The number of hydrogen-bond donors (Lipinski definition) is 1. The highest BCUT2D eigenvalue weighted by molar-refractivity contribution is 7.84. The molecule has 0 fully saturated rings.